The predicted octanol–water partition coefficient (Wildman–Crippen LogP) is 4.07. The molecule has 2 aromatic rings. The zero-order valence-electron chi connectivity index (χ0n) is 11.1. The van der Waals surface area contributed by atoms with Crippen molar-refractivity contribution in [2.45, 2.75) is 36.6 Å². The second-order valence-corrected chi connectivity index (χ2v) is 7.36. The Balaban J connectivity index is 1.73. The van der Waals surface area contributed by atoms with Gasteiger partial charge in [-0.2, -0.15) is 0 Å². The third-order valence-corrected chi connectivity index (χ3v) is 6.22. The second kappa shape index (κ2) is 5.70. The molecular weight excluding hydrogens is 270 g/mol. The molecule has 2 unspecified atom stereocenters. The summed E-state index contributed by atoms with van der Waals surface area (Å²) in [4.78, 5) is 4.31. The van der Waals surface area contributed by atoms with Crippen LogP contribution in [0.4, 0.5) is 0 Å². The van der Waals surface area contributed by atoms with Crippen molar-refractivity contribution in [1.29, 1.82) is 0 Å². The largest absolute Gasteiger partial charge is 0.327 e. The first-order valence-corrected chi connectivity index (χ1v) is 8.63. The molecule has 0 bridgehead atoms. The van der Waals surface area contributed by atoms with Crippen molar-refractivity contribution in [1.82, 2.24) is 0 Å². The predicted molar refractivity (Wildman–Crippen MR) is 85.3 cm³/mol. The summed E-state index contributed by atoms with van der Waals surface area (Å²) in [6, 6.07) is 13.4. The van der Waals surface area contributed by atoms with Crippen LogP contribution in [-0.2, 0) is 12.8 Å². The molecule has 0 spiro atoms. The van der Waals surface area contributed by atoms with E-state index >= 15 is 0 Å². The molecule has 0 aliphatic carbocycles. The standard InChI is InChI=1S/C16H19NS2/c1-2-11-7-8-12(19-11)9-15(17)14-10-18-16-6-4-3-5-13(14)16/h3-8,14-15H,2,9-10,17H2,1H3. The highest BCUT2D eigenvalue weighted by atomic mass is 32.2. The first-order chi connectivity index (χ1) is 9.28. The molecule has 0 saturated carbocycles. The maximum Gasteiger partial charge on any atom is 0.0165 e. The third-order valence-electron chi connectivity index (χ3n) is 3.76. The van der Waals surface area contributed by atoms with Gasteiger partial charge in [0.15, 0.2) is 0 Å². The summed E-state index contributed by atoms with van der Waals surface area (Å²) in [5.41, 5.74) is 7.92. The lowest BCUT2D eigenvalue weighted by atomic mass is 9.91. The monoisotopic (exact) mass is 289 g/mol. The Kier molecular flexibility index (Phi) is 3.96. The lowest BCUT2D eigenvalue weighted by molar-refractivity contribution is 0.576. The van der Waals surface area contributed by atoms with E-state index in [-0.39, 0.29) is 6.04 Å². The minimum absolute atomic E-state index is 0.236. The summed E-state index contributed by atoms with van der Waals surface area (Å²) in [5, 5.41) is 0. The normalized spacial score (nSPS) is 19.4. The summed E-state index contributed by atoms with van der Waals surface area (Å²) >= 11 is 3.86. The number of aryl methyl sites for hydroxylation is 1. The van der Waals surface area contributed by atoms with Gasteiger partial charge >= 0.3 is 0 Å². The molecule has 100 valence electrons. The van der Waals surface area contributed by atoms with Gasteiger partial charge in [0, 0.05) is 32.4 Å². The van der Waals surface area contributed by atoms with Crippen LogP contribution in [0.2, 0.25) is 0 Å². The summed E-state index contributed by atoms with van der Waals surface area (Å²) in [6.07, 6.45) is 2.13. The molecule has 1 aliphatic rings. The molecule has 1 nitrogen and oxygen atoms in total. The average molecular weight is 289 g/mol. The molecule has 2 N–H and O–H groups in total. The molecule has 2 atom stereocenters. The van der Waals surface area contributed by atoms with Crippen LogP contribution < -0.4 is 5.73 Å². The fourth-order valence-corrected chi connectivity index (χ4v) is 5.01. The van der Waals surface area contributed by atoms with Crippen molar-refractivity contribution in [3.63, 3.8) is 0 Å². The Labute approximate surface area is 123 Å². The summed E-state index contributed by atoms with van der Waals surface area (Å²) in [7, 11) is 0. The van der Waals surface area contributed by atoms with Gasteiger partial charge in [0.2, 0.25) is 0 Å². The van der Waals surface area contributed by atoms with Crippen molar-refractivity contribution >= 4 is 23.1 Å². The van der Waals surface area contributed by atoms with E-state index in [0.717, 1.165) is 18.6 Å². The van der Waals surface area contributed by atoms with Crippen LogP contribution in [0, 0.1) is 0 Å². The van der Waals surface area contributed by atoms with Gasteiger partial charge in [-0.1, -0.05) is 25.1 Å². The van der Waals surface area contributed by atoms with Gasteiger partial charge in [0.1, 0.15) is 0 Å². The molecule has 1 aliphatic heterocycles. The van der Waals surface area contributed by atoms with Gasteiger partial charge in [-0.15, -0.1) is 23.1 Å². The van der Waals surface area contributed by atoms with E-state index in [1.54, 1.807) is 0 Å². The van der Waals surface area contributed by atoms with E-state index in [0.29, 0.717) is 5.92 Å². The highest BCUT2D eigenvalue weighted by Gasteiger charge is 2.28. The maximum absolute atomic E-state index is 6.47. The lowest BCUT2D eigenvalue weighted by Gasteiger charge is -2.19. The topological polar surface area (TPSA) is 26.0 Å². The number of benzene rings is 1. The average Bonchev–Trinajstić information content (AvgIpc) is 3.04. The van der Waals surface area contributed by atoms with Gasteiger partial charge in [-0.25, -0.2) is 0 Å². The molecule has 0 saturated heterocycles. The van der Waals surface area contributed by atoms with E-state index in [9.17, 15) is 0 Å². The van der Waals surface area contributed by atoms with E-state index < -0.39 is 0 Å². The van der Waals surface area contributed by atoms with Gasteiger partial charge in [-0.3, -0.25) is 0 Å². The molecule has 0 radical (unpaired) electrons. The SMILES string of the molecule is CCc1ccc(CC(N)C2CSc3ccccc32)s1. The Bertz CT molecular complexity index is 561. The Hall–Kier alpha value is -0.770. The van der Waals surface area contributed by atoms with Crippen LogP contribution in [0.1, 0.15) is 28.2 Å². The molecule has 19 heavy (non-hydrogen) atoms. The van der Waals surface area contributed by atoms with Gasteiger partial charge in [0.05, 0.1) is 0 Å². The molecule has 1 aromatic carbocycles. The number of thioether (sulfide) groups is 1. The molecular formula is C16H19NS2. The summed E-state index contributed by atoms with van der Waals surface area (Å²) < 4.78 is 0. The minimum atomic E-state index is 0.236. The van der Waals surface area contributed by atoms with Crippen molar-refractivity contribution < 1.29 is 0 Å². The molecule has 2 heterocycles. The van der Waals surface area contributed by atoms with E-state index in [4.69, 9.17) is 5.73 Å². The first kappa shape index (κ1) is 13.2. The fraction of sp³-hybridized carbons (Fsp3) is 0.375. The second-order valence-electron chi connectivity index (χ2n) is 5.04. The molecule has 3 rings (SSSR count). The van der Waals surface area contributed by atoms with Gasteiger partial charge in [0.25, 0.3) is 0 Å². The highest BCUT2D eigenvalue weighted by Crippen LogP contribution is 2.41. The van der Waals surface area contributed by atoms with Crippen LogP contribution in [0.5, 0.6) is 0 Å². The van der Waals surface area contributed by atoms with Crippen LogP contribution in [0.15, 0.2) is 41.3 Å². The number of hydrogen-bond acceptors (Lipinski definition) is 3. The third kappa shape index (κ3) is 2.73. The van der Waals surface area contributed by atoms with Gasteiger partial charge in [-0.05, 0) is 36.6 Å². The number of nitrogens with two attached hydrogens (primary N) is 1. The van der Waals surface area contributed by atoms with E-state index in [1.807, 2.05) is 23.1 Å². The molecule has 0 fully saturated rings. The quantitative estimate of drug-likeness (QED) is 0.918. The highest BCUT2D eigenvalue weighted by molar-refractivity contribution is 7.99. The minimum Gasteiger partial charge on any atom is -0.327 e. The maximum atomic E-state index is 6.47. The lowest BCUT2D eigenvalue weighted by Crippen LogP contribution is -2.30. The van der Waals surface area contributed by atoms with Crippen molar-refractivity contribution in [3.8, 4) is 0 Å². The number of fused-ring (bicyclic) bond motifs is 1. The van der Waals surface area contributed by atoms with E-state index in [2.05, 4.69) is 43.3 Å². The summed E-state index contributed by atoms with van der Waals surface area (Å²) in [6.45, 7) is 2.21. The van der Waals surface area contributed by atoms with Crippen molar-refractivity contribution in [3.05, 3.63) is 51.7 Å². The number of hydrogen-bond donors (Lipinski definition) is 1. The Morgan fingerprint density at radius 2 is 2.00 bits per heavy atom. The van der Waals surface area contributed by atoms with E-state index in [1.165, 1.54) is 20.2 Å². The van der Waals surface area contributed by atoms with Crippen molar-refractivity contribution in [2.24, 2.45) is 5.73 Å². The molecule has 0 amide bonds. The smallest absolute Gasteiger partial charge is 0.0165 e. The fourth-order valence-electron chi connectivity index (χ4n) is 2.64. The summed E-state index contributed by atoms with van der Waals surface area (Å²) in [5.74, 6) is 1.64. The van der Waals surface area contributed by atoms with Gasteiger partial charge < -0.3 is 5.73 Å². The number of rotatable bonds is 4. The Morgan fingerprint density at radius 3 is 2.79 bits per heavy atom. The van der Waals surface area contributed by atoms with Crippen LogP contribution in [0.3, 0.4) is 0 Å². The van der Waals surface area contributed by atoms with Crippen LogP contribution >= 0.6 is 23.1 Å². The Morgan fingerprint density at radius 1 is 1.21 bits per heavy atom. The van der Waals surface area contributed by atoms with Crippen LogP contribution in [-0.4, -0.2) is 11.8 Å². The first-order valence-electron chi connectivity index (χ1n) is 6.83. The molecule has 3 heteroatoms. The number of thiophene rings is 1. The van der Waals surface area contributed by atoms with Crippen LogP contribution in [0.25, 0.3) is 0 Å². The zero-order chi connectivity index (χ0) is 13.2. The zero-order valence-corrected chi connectivity index (χ0v) is 12.8. The van der Waals surface area contributed by atoms with Crippen molar-refractivity contribution in [2.75, 3.05) is 5.75 Å². The molecule has 1 aromatic heterocycles.